The number of anilines is 1. The van der Waals surface area contributed by atoms with E-state index in [0.717, 1.165) is 48.7 Å². The Labute approximate surface area is 720 Å². The topological polar surface area (TPSA) is 499 Å². The van der Waals surface area contributed by atoms with Crippen LogP contribution < -0.4 is 26.5 Å². The Balaban J connectivity index is 0.000000134. The first kappa shape index (κ1) is 91.3. The van der Waals surface area contributed by atoms with E-state index in [1.54, 1.807) is 53.5 Å². The van der Waals surface area contributed by atoms with Crippen LogP contribution in [0.4, 0.5) is 49.6 Å². The smallest absolute Gasteiger partial charge is 0.485 e. The average Bonchev–Trinajstić information content (AvgIpc) is 1.77. The first-order valence-corrected chi connectivity index (χ1v) is 41.0. The largest absolute Gasteiger partial charge is 0.741 e. The van der Waals surface area contributed by atoms with Crippen LogP contribution >= 0.6 is 11.6 Å². The standard InChI is InChI=1S/C24H20ClF3N6O3.C23H18F2N6O4.C15H17NO5.C12H11NO5.C6H7F2N.CHF3O3S/c1-10-18(20(35)22(37)31-23(8-24(27,28)9-23)17-7-29-33-32-17)16-5-11-4-15(11)34(16)19(10)21(36)30-12-2-3-14(26)13(25)6-12;1-3-22(9-23(24,25)10-22)27-20(33)18(32)16-11(2)17(30-14-7-12(14)8-15(16)30)21(34)35-31-19-13(28-29-31)5-4-6-26-19;1-4-21-15(19)13(17)11-7(2)12(14(18)20-3)16-9-5-8(9)6-10(11)16;1-4-8(10(14)12(17)18)7-3-5-2-6(5)13(7)9(4)11(15)16;1-2-5(9)3-6(7,8)4-5;2-1(3,4)8(5,6)7/h2-3,6-7,11,15H,4-5,8-9H2,1H3,(H,30,36)(H,31,37)(H,29,32,33);1,4-6,12,14H,7-10H2,2H3,(H,27,33);8-9H,4-6H2,1-3H3;5-6H,2-3H2,1H3,(H,15,16)(H,17,18);1H,3-4,9H2;(H,5,6,7)/t11-,15-;12-,14-;8-,9-;5-,6-;;/m1111../s1. The zero-order valence-corrected chi connectivity index (χ0v) is 69.5. The van der Waals surface area contributed by atoms with Gasteiger partial charge in [-0.3, -0.25) is 33.6 Å². The number of ketones is 4. The number of quaternary nitrogens is 1. The molecule has 0 saturated heterocycles. The van der Waals surface area contributed by atoms with Crippen molar-refractivity contribution in [3.63, 3.8) is 0 Å². The van der Waals surface area contributed by atoms with Gasteiger partial charge < -0.3 is 69.0 Å². The van der Waals surface area contributed by atoms with Gasteiger partial charge in [0.25, 0.3) is 58.6 Å². The van der Waals surface area contributed by atoms with Crippen molar-refractivity contribution < 1.29 is 145 Å². The number of halogens is 11. The number of ether oxygens (including phenoxy) is 2. The molecule has 0 spiro atoms. The fourth-order valence-corrected chi connectivity index (χ4v) is 18.5. The van der Waals surface area contributed by atoms with E-state index in [2.05, 4.69) is 64.2 Å². The second-order valence-corrected chi connectivity index (χ2v) is 34.9. The van der Waals surface area contributed by atoms with Crippen LogP contribution in [0, 0.1) is 81.9 Å². The van der Waals surface area contributed by atoms with E-state index in [0.29, 0.717) is 76.1 Å². The predicted molar refractivity (Wildman–Crippen MR) is 414 cm³/mol. The Morgan fingerprint density at radius 1 is 0.656 bits per heavy atom. The summed E-state index contributed by atoms with van der Waals surface area (Å²) in [7, 11) is -4.78. The van der Waals surface area contributed by atoms with Crippen LogP contribution in [0.25, 0.3) is 11.2 Å². The number of H-pyrrole nitrogens is 1. The second kappa shape index (κ2) is 32.4. The number of carbonyl (C=O) groups excluding carboxylic acids is 10. The van der Waals surface area contributed by atoms with Crippen molar-refractivity contribution in [1.82, 2.24) is 64.5 Å². The van der Waals surface area contributed by atoms with E-state index in [1.807, 2.05) is 4.57 Å². The van der Waals surface area contributed by atoms with Crippen LogP contribution in [0.3, 0.4) is 0 Å². The molecule has 3 amide bonds. The average molecular weight is 1840 g/mol. The molecule has 7 aromatic heterocycles. The molecule has 0 radical (unpaired) electrons. The summed E-state index contributed by atoms with van der Waals surface area (Å²) in [5.74, 6) is -14.4. The van der Waals surface area contributed by atoms with Crippen LogP contribution in [0.15, 0.2) is 42.7 Å². The van der Waals surface area contributed by atoms with Gasteiger partial charge in [-0.2, -0.15) is 28.6 Å². The Bertz CT molecular complexity index is 6330. The van der Waals surface area contributed by atoms with Gasteiger partial charge in [-0.05, 0) is 178 Å². The fraction of sp³-hybridized carbons (Fsp3) is 0.444. The number of carboxylic acid groups (broad SMARTS) is 2. The van der Waals surface area contributed by atoms with Crippen LogP contribution in [-0.4, -0.2) is 196 Å². The number of aromatic carboxylic acids is 1. The summed E-state index contributed by atoms with van der Waals surface area (Å²) < 4.78 is 168. The lowest BCUT2D eigenvalue weighted by Crippen LogP contribution is -2.80. The number of hydrogen-bond donors (Lipinski definition) is 7. The molecule has 7 saturated carbocycles. The molecule has 35 nitrogen and oxygen atoms in total. The van der Waals surface area contributed by atoms with E-state index >= 15 is 0 Å². The minimum absolute atomic E-state index is 0.0175. The maximum Gasteiger partial charge on any atom is 0.485 e. The normalized spacial score (nSPS) is 22.2. The maximum atomic E-state index is 13.8. The Morgan fingerprint density at radius 3 is 1.53 bits per heavy atom. The van der Waals surface area contributed by atoms with Crippen molar-refractivity contribution in [3.05, 3.63) is 149 Å². The molecule has 128 heavy (non-hydrogen) atoms. The molecule has 7 aliphatic carbocycles. The first-order valence-electron chi connectivity index (χ1n) is 39.3. The number of rotatable bonds is 18. The number of alkyl halides is 9. The Hall–Kier alpha value is -13.0. The van der Waals surface area contributed by atoms with E-state index < -0.39 is 152 Å². The predicted octanol–water partition coefficient (Wildman–Crippen LogP) is 7.53. The molecule has 19 rings (SSSR count). The summed E-state index contributed by atoms with van der Waals surface area (Å²) in [6.45, 7) is 8.10. The van der Waals surface area contributed by atoms with Gasteiger partial charge in [0.2, 0.25) is 5.65 Å². The first-order chi connectivity index (χ1) is 59.8. The molecule has 8 aromatic rings. The lowest BCUT2D eigenvalue weighted by molar-refractivity contribution is -0.499. The molecule has 1 aromatic carbocycles. The summed E-state index contributed by atoms with van der Waals surface area (Å²) >= 11 is 5.82. The summed E-state index contributed by atoms with van der Waals surface area (Å²) in [6.07, 6.45) is 15.6. The number of nitrogens with zero attached hydrogens (tertiary/aromatic N) is 10. The number of aliphatic carboxylic acids is 1. The number of amides is 3. The molecular formula is C81H74ClF10N15O20S. The number of benzene rings is 1. The van der Waals surface area contributed by atoms with Crippen LogP contribution in [0.2, 0.25) is 5.02 Å². The molecule has 0 bridgehead atoms. The van der Waals surface area contributed by atoms with Gasteiger partial charge in [-0.15, -0.1) is 17.9 Å². The number of Topliss-reactive ketones (excluding diaryl/α,β-unsaturated/α-hetero) is 4. The van der Waals surface area contributed by atoms with Crippen molar-refractivity contribution >= 4 is 109 Å². The highest BCUT2D eigenvalue weighted by atomic mass is 35.5. The SMILES string of the molecule is C#CC1(NC(=O)C(=O)c2c(C)c(C(=O)On3nnc4cccnc43)n3c2C[C@H]2C[C@H]23)CC(F)(F)C1.C#CC1([NH3+])CC(F)(F)C1.CCOC(=O)C(=O)c1c(C)c(C(=O)OC)n2c1C[C@H]1C[C@H]12.Cc1c(C(=O)C(=O)NC2(c3cn[nH]n3)CC(F)(F)C2)c2n(c1C(=O)Nc1ccc(F)c(Cl)c1)[C@@H]1C[C@@H]1C2.Cc1c(C(=O)C(=O)O)c2n(c1C(=O)O)[C@@H]1C[C@@H]1C2.O=S(=O)([O-])C(F)(F)F. The molecule has 47 heteroatoms. The third-order valence-electron chi connectivity index (χ3n) is 24.3. The zero-order chi connectivity index (χ0) is 93.6. The van der Waals surface area contributed by atoms with E-state index in [1.165, 1.54) is 38.6 Å². The summed E-state index contributed by atoms with van der Waals surface area (Å²) in [5.41, 5.74) is 0.193. The lowest BCUT2D eigenvalue weighted by Gasteiger charge is -2.46. The van der Waals surface area contributed by atoms with Crippen LogP contribution in [-0.2, 0) is 70.0 Å². The number of aromatic amines is 1. The highest BCUT2D eigenvalue weighted by Crippen LogP contribution is 2.59. The van der Waals surface area contributed by atoms with Gasteiger partial charge in [0, 0.05) is 84.5 Å². The number of fused-ring (bicyclic) bond motifs is 13. The molecule has 0 unspecified atom stereocenters. The Kier molecular flexibility index (Phi) is 23.1. The third-order valence-corrected chi connectivity index (χ3v) is 25.2. The number of methoxy groups -OCH3 is 1. The quantitative estimate of drug-likeness (QED) is 0.00637. The molecule has 11 heterocycles. The molecule has 11 aliphatic rings. The maximum absolute atomic E-state index is 13.8. The van der Waals surface area contributed by atoms with E-state index in [-0.39, 0.29) is 122 Å². The lowest BCUT2D eigenvalue weighted by atomic mass is 9.71. The van der Waals surface area contributed by atoms with E-state index in [9.17, 15) is 107 Å². The van der Waals surface area contributed by atoms with Crippen molar-refractivity contribution in [2.75, 3.05) is 19.0 Å². The van der Waals surface area contributed by atoms with E-state index in [4.69, 9.17) is 56.8 Å². The highest BCUT2D eigenvalue weighted by Gasteiger charge is 2.62. The molecule has 7 fully saturated rings. The zero-order valence-electron chi connectivity index (χ0n) is 67.9. The molecule has 676 valence electrons. The van der Waals surface area contributed by atoms with Crippen LogP contribution in [0.1, 0.15) is 229 Å². The monoisotopic (exact) mass is 1830 g/mol. The molecule has 4 aliphatic heterocycles. The van der Waals surface area contributed by atoms with Crippen LogP contribution in [0.5, 0.6) is 0 Å². The van der Waals surface area contributed by atoms with Gasteiger partial charge >= 0.3 is 35.4 Å². The number of pyridine rings is 1. The van der Waals surface area contributed by atoms with Crippen molar-refractivity contribution in [2.24, 2.45) is 23.7 Å². The second-order valence-electron chi connectivity index (χ2n) is 33.2. The fourth-order valence-electron chi connectivity index (χ4n) is 18.3. The summed E-state index contributed by atoms with van der Waals surface area (Å²) in [6, 6.07) is 7.53. The van der Waals surface area contributed by atoms with Gasteiger partial charge in [0.15, 0.2) is 15.7 Å². The Morgan fingerprint density at radius 2 is 1.11 bits per heavy atom. The minimum Gasteiger partial charge on any atom is -0.741 e. The number of carboxylic acids is 2. The minimum atomic E-state index is -6.09. The van der Waals surface area contributed by atoms with Crippen molar-refractivity contribution in [1.29, 1.82) is 0 Å². The molecule has 8 atom stereocenters. The summed E-state index contributed by atoms with van der Waals surface area (Å²) in [4.78, 5) is 159. The number of esters is 2. The van der Waals surface area contributed by atoms with Crippen molar-refractivity contribution in [3.8, 4) is 24.7 Å². The van der Waals surface area contributed by atoms with Gasteiger partial charge in [-0.1, -0.05) is 17.5 Å². The highest BCUT2D eigenvalue weighted by molar-refractivity contribution is 7.86. The van der Waals surface area contributed by atoms with Gasteiger partial charge in [0.1, 0.15) is 45.3 Å². The van der Waals surface area contributed by atoms with Gasteiger partial charge in [-0.25, -0.2) is 68.1 Å². The molecule has 9 N–H and O–H groups in total. The van der Waals surface area contributed by atoms with Crippen molar-refractivity contribution in [2.45, 2.75) is 189 Å². The summed E-state index contributed by atoms with van der Waals surface area (Å²) in [5, 5.41) is 42.8. The number of carbonyl (C=O) groups is 12. The number of terminal acetylenes is 2. The molecular weight excluding hydrogens is 1760 g/mol. The number of hydrogen-bond acceptors (Lipinski definition) is 23. The number of aromatic nitrogens is 11. The van der Waals surface area contributed by atoms with Gasteiger partial charge in [0.05, 0.1) is 65.6 Å². The number of nitrogens with one attached hydrogen (secondary N) is 4. The third kappa shape index (κ3) is 16.8.